The van der Waals surface area contributed by atoms with Crippen LogP contribution in [0.3, 0.4) is 0 Å². The molecule has 0 bridgehead atoms. The van der Waals surface area contributed by atoms with E-state index < -0.39 is 47.9 Å². The summed E-state index contributed by atoms with van der Waals surface area (Å²) in [7, 11) is 0. The Kier molecular flexibility index (Phi) is 5.93. The summed E-state index contributed by atoms with van der Waals surface area (Å²) in [5, 5.41) is 0. The lowest BCUT2D eigenvalue weighted by atomic mass is 10.0. The molecule has 0 saturated carbocycles. The van der Waals surface area contributed by atoms with Crippen molar-refractivity contribution in [3.63, 3.8) is 0 Å². The molecule has 1 atom stereocenters. The van der Waals surface area contributed by atoms with Gasteiger partial charge in [-0.3, -0.25) is 0 Å². The molecule has 0 saturated heterocycles. The molecular weight excluding hydrogens is 377 g/mol. The first-order valence-corrected chi connectivity index (χ1v) is 6.32. The number of rotatable bonds is 5. The standard InChI is InChI=1S/C12H10F9NO3/c1-2-5(22)8-6(23-10(13,14)15)3-4-7(24-11(16,17)18)9(8)25-12(19,20)21/h3-5H,2,22H2,1H3. The number of ether oxygens (including phenoxy) is 3. The monoisotopic (exact) mass is 387 g/mol. The molecule has 4 nitrogen and oxygen atoms in total. The minimum Gasteiger partial charge on any atom is -0.405 e. The summed E-state index contributed by atoms with van der Waals surface area (Å²) >= 11 is 0. The summed E-state index contributed by atoms with van der Waals surface area (Å²) in [6, 6.07) is -1.02. The van der Waals surface area contributed by atoms with Crippen LogP contribution in [0.25, 0.3) is 0 Å². The van der Waals surface area contributed by atoms with Crippen molar-refractivity contribution >= 4 is 0 Å². The zero-order chi connectivity index (χ0) is 19.6. The molecule has 1 rings (SSSR count). The van der Waals surface area contributed by atoms with Gasteiger partial charge in [-0.05, 0) is 18.6 Å². The first-order chi connectivity index (χ1) is 11.1. The van der Waals surface area contributed by atoms with E-state index in [0.29, 0.717) is 6.07 Å². The minimum atomic E-state index is -5.53. The smallest absolute Gasteiger partial charge is 0.405 e. The third-order valence-electron chi connectivity index (χ3n) is 2.60. The maximum atomic E-state index is 12.5. The molecule has 144 valence electrons. The molecule has 0 amide bonds. The van der Waals surface area contributed by atoms with Gasteiger partial charge in [0.05, 0.1) is 5.56 Å². The van der Waals surface area contributed by atoms with Gasteiger partial charge in [-0.15, -0.1) is 39.5 Å². The van der Waals surface area contributed by atoms with Gasteiger partial charge in [0.25, 0.3) is 0 Å². The van der Waals surface area contributed by atoms with E-state index in [1.165, 1.54) is 6.92 Å². The average molecular weight is 387 g/mol. The fourth-order valence-electron chi connectivity index (χ4n) is 1.76. The molecule has 2 N–H and O–H groups in total. The molecule has 1 aromatic rings. The molecule has 1 aromatic carbocycles. The van der Waals surface area contributed by atoms with E-state index in [1.807, 2.05) is 0 Å². The van der Waals surface area contributed by atoms with Gasteiger partial charge in [0, 0.05) is 6.04 Å². The number of hydrogen-bond acceptors (Lipinski definition) is 4. The molecule has 0 fully saturated rings. The second-order valence-electron chi connectivity index (χ2n) is 4.46. The Hall–Kier alpha value is -2.05. The van der Waals surface area contributed by atoms with E-state index in [4.69, 9.17) is 5.73 Å². The molecule has 0 aliphatic heterocycles. The SMILES string of the molecule is CCC(N)c1c(OC(F)(F)F)ccc(OC(F)(F)F)c1OC(F)(F)F. The first-order valence-electron chi connectivity index (χ1n) is 6.32. The van der Waals surface area contributed by atoms with Crippen LogP contribution >= 0.6 is 0 Å². The Morgan fingerprint density at radius 2 is 1.20 bits per heavy atom. The lowest BCUT2D eigenvalue weighted by molar-refractivity contribution is -0.288. The van der Waals surface area contributed by atoms with Crippen molar-refractivity contribution < 1.29 is 53.7 Å². The predicted molar refractivity (Wildman–Crippen MR) is 63.7 cm³/mol. The highest BCUT2D eigenvalue weighted by atomic mass is 19.4. The molecule has 25 heavy (non-hydrogen) atoms. The number of nitrogens with two attached hydrogens (primary N) is 1. The largest absolute Gasteiger partial charge is 0.573 e. The van der Waals surface area contributed by atoms with Crippen LogP contribution in [0.4, 0.5) is 39.5 Å². The number of hydrogen-bond donors (Lipinski definition) is 1. The second-order valence-corrected chi connectivity index (χ2v) is 4.46. The fourth-order valence-corrected chi connectivity index (χ4v) is 1.76. The minimum absolute atomic E-state index is 0.196. The van der Waals surface area contributed by atoms with Crippen LogP contribution in [0.2, 0.25) is 0 Å². The lowest BCUT2D eigenvalue weighted by Crippen LogP contribution is -2.25. The van der Waals surface area contributed by atoms with Crippen LogP contribution in [0.1, 0.15) is 24.9 Å². The summed E-state index contributed by atoms with van der Waals surface area (Å²) in [4.78, 5) is 0. The molecule has 1 unspecified atom stereocenters. The molecule has 0 radical (unpaired) electrons. The maximum absolute atomic E-state index is 12.5. The van der Waals surface area contributed by atoms with Crippen LogP contribution in [0.5, 0.6) is 17.2 Å². The van der Waals surface area contributed by atoms with Crippen molar-refractivity contribution in [3.8, 4) is 17.2 Å². The van der Waals surface area contributed by atoms with Crippen molar-refractivity contribution in [2.24, 2.45) is 5.73 Å². The molecule has 0 aromatic heterocycles. The van der Waals surface area contributed by atoms with Crippen LogP contribution in [0.15, 0.2) is 12.1 Å². The Bertz CT molecular complexity index is 595. The van der Waals surface area contributed by atoms with Gasteiger partial charge in [0.1, 0.15) is 5.75 Å². The van der Waals surface area contributed by atoms with E-state index in [9.17, 15) is 39.5 Å². The molecular formula is C12H10F9NO3. The Labute approximate surface area is 134 Å². The first kappa shape index (κ1) is 21.0. The van der Waals surface area contributed by atoms with Crippen molar-refractivity contribution in [2.45, 2.75) is 38.5 Å². The highest BCUT2D eigenvalue weighted by molar-refractivity contribution is 5.55. The fraction of sp³-hybridized carbons (Fsp3) is 0.500. The van der Waals surface area contributed by atoms with E-state index in [0.717, 1.165) is 0 Å². The van der Waals surface area contributed by atoms with Crippen LogP contribution in [-0.4, -0.2) is 19.1 Å². The van der Waals surface area contributed by atoms with Crippen molar-refractivity contribution in [1.82, 2.24) is 0 Å². The van der Waals surface area contributed by atoms with Gasteiger partial charge in [-0.25, -0.2) is 0 Å². The van der Waals surface area contributed by atoms with Gasteiger partial charge < -0.3 is 19.9 Å². The highest BCUT2D eigenvalue weighted by Crippen LogP contribution is 2.46. The van der Waals surface area contributed by atoms with E-state index in [-0.39, 0.29) is 12.5 Å². The molecule has 0 aliphatic rings. The summed E-state index contributed by atoms with van der Waals surface area (Å²) in [5.41, 5.74) is 4.36. The average Bonchev–Trinajstić information content (AvgIpc) is 2.36. The predicted octanol–water partition coefficient (Wildman–Crippen LogP) is 4.79. The van der Waals surface area contributed by atoms with Gasteiger partial charge >= 0.3 is 19.1 Å². The summed E-state index contributed by atoms with van der Waals surface area (Å²) in [6.45, 7) is 1.27. The highest BCUT2D eigenvalue weighted by Gasteiger charge is 2.41. The quantitative estimate of drug-likeness (QED) is 0.738. The van der Waals surface area contributed by atoms with Gasteiger partial charge in [-0.1, -0.05) is 6.92 Å². The number of alkyl halides is 9. The molecule has 13 heteroatoms. The maximum Gasteiger partial charge on any atom is 0.573 e. The Balaban J connectivity index is 3.60. The van der Waals surface area contributed by atoms with Gasteiger partial charge in [0.2, 0.25) is 0 Å². The molecule has 0 spiro atoms. The van der Waals surface area contributed by atoms with Crippen molar-refractivity contribution in [1.29, 1.82) is 0 Å². The summed E-state index contributed by atoms with van der Waals surface area (Å²) < 4.78 is 122. The van der Waals surface area contributed by atoms with E-state index in [1.54, 1.807) is 0 Å². The lowest BCUT2D eigenvalue weighted by Gasteiger charge is -2.23. The van der Waals surface area contributed by atoms with Crippen LogP contribution in [-0.2, 0) is 0 Å². The zero-order valence-electron chi connectivity index (χ0n) is 12.1. The zero-order valence-corrected chi connectivity index (χ0v) is 12.1. The van der Waals surface area contributed by atoms with Gasteiger partial charge in [0.15, 0.2) is 11.5 Å². The Morgan fingerprint density at radius 1 is 0.800 bits per heavy atom. The summed E-state index contributed by atoms with van der Waals surface area (Å²) in [5.74, 6) is -4.42. The van der Waals surface area contributed by atoms with Crippen LogP contribution < -0.4 is 19.9 Å². The van der Waals surface area contributed by atoms with E-state index >= 15 is 0 Å². The van der Waals surface area contributed by atoms with E-state index in [2.05, 4.69) is 14.2 Å². The normalized spacial score (nSPS) is 14.2. The molecule has 0 aliphatic carbocycles. The topological polar surface area (TPSA) is 53.7 Å². The molecule has 0 heterocycles. The number of halogens is 9. The van der Waals surface area contributed by atoms with Crippen molar-refractivity contribution in [2.75, 3.05) is 0 Å². The summed E-state index contributed by atoms with van der Waals surface area (Å²) in [6.07, 6.45) is -16.5. The van der Waals surface area contributed by atoms with Crippen molar-refractivity contribution in [3.05, 3.63) is 17.7 Å². The van der Waals surface area contributed by atoms with Gasteiger partial charge in [-0.2, -0.15) is 0 Å². The van der Waals surface area contributed by atoms with Crippen LogP contribution in [0, 0.1) is 0 Å². The second kappa shape index (κ2) is 7.06. The third-order valence-corrected chi connectivity index (χ3v) is 2.60. The Morgan fingerprint density at radius 3 is 1.60 bits per heavy atom. The third kappa shape index (κ3) is 6.76. The number of benzene rings is 1.